The molecule has 2 aromatic rings. The van der Waals surface area contributed by atoms with E-state index in [-0.39, 0.29) is 5.75 Å². The second-order valence-corrected chi connectivity index (χ2v) is 10.8. The maximum Gasteiger partial charge on any atom is 0.194 e. The van der Waals surface area contributed by atoms with Gasteiger partial charge in [-0.2, -0.15) is 0 Å². The fourth-order valence-corrected chi connectivity index (χ4v) is 5.11. The Morgan fingerprint density at radius 2 is 2.07 bits per heavy atom. The third-order valence-electron chi connectivity index (χ3n) is 4.66. The van der Waals surface area contributed by atoms with Gasteiger partial charge in [-0.1, -0.05) is 30.3 Å². The number of benzene rings is 1. The predicted octanol–water partition coefficient (Wildman–Crippen LogP) is 2.78. The van der Waals surface area contributed by atoms with E-state index in [9.17, 15) is 8.42 Å². The van der Waals surface area contributed by atoms with Gasteiger partial charge < -0.3 is 10.2 Å². The number of hydrogen-bond acceptors (Lipinski definition) is 5. The molecule has 1 aromatic carbocycles. The number of thiazole rings is 1. The average molecular weight is 407 g/mol. The van der Waals surface area contributed by atoms with Crippen LogP contribution in [-0.4, -0.2) is 54.4 Å². The molecule has 0 amide bonds. The molecule has 8 heteroatoms. The average Bonchev–Trinajstić information content (AvgIpc) is 3.11. The number of sulfone groups is 1. The van der Waals surface area contributed by atoms with E-state index < -0.39 is 14.6 Å². The van der Waals surface area contributed by atoms with Crippen molar-refractivity contribution >= 4 is 27.1 Å². The molecular formula is C19H26N4O2S2. The van der Waals surface area contributed by atoms with Crippen molar-refractivity contribution in [2.24, 2.45) is 4.99 Å². The zero-order valence-corrected chi connectivity index (χ0v) is 17.6. The van der Waals surface area contributed by atoms with Crippen LogP contribution in [0.4, 0.5) is 0 Å². The van der Waals surface area contributed by atoms with Crippen LogP contribution in [0.2, 0.25) is 0 Å². The Bertz CT molecular complexity index is 905. The molecule has 0 radical (unpaired) electrons. The summed E-state index contributed by atoms with van der Waals surface area (Å²) in [5.41, 5.74) is 2.06. The first-order chi connectivity index (χ1) is 12.8. The van der Waals surface area contributed by atoms with Gasteiger partial charge in [0.2, 0.25) is 0 Å². The molecule has 0 aliphatic carbocycles. The first-order valence-corrected chi connectivity index (χ1v) is 11.6. The van der Waals surface area contributed by atoms with Gasteiger partial charge in [-0.3, -0.25) is 0 Å². The fourth-order valence-electron chi connectivity index (χ4n) is 3.02. The lowest BCUT2D eigenvalue weighted by molar-refractivity contribution is 0.353. The molecule has 27 heavy (non-hydrogen) atoms. The lowest BCUT2D eigenvalue weighted by Gasteiger charge is -2.39. The minimum atomic E-state index is -3.07. The zero-order valence-electron chi connectivity index (χ0n) is 16.0. The van der Waals surface area contributed by atoms with Crippen molar-refractivity contribution in [2.75, 3.05) is 25.4 Å². The highest BCUT2D eigenvalue weighted by atomic mass is 32.2. The van der Waals surface area contributed by atoms with Gasteiger partial charge in [0, 0.05) is 30.6 Å². The molecular weight excluding hydrogens is 380 g/mol. The van der Waals surface area contributed by atoms with Crippen LogP contribution in [0.1, 0.15) is 25.8 Å². The van der Waals surface area contributed by atoms with Crippen LogP contribution in [-0.2, 0) is 16.4 Å². The second kappa shape index (κ2) is 7.98. The van der Waals surface area contributed by atoms with Crippen LogP contribution in [0.15, 0.2) is 40.7 Å². The number of aromatic nitrogens is 1. The van der Waals surface area contributed by atoms with Gasteiger partial charge in [0.05, 0.1) is 22.7 Å². The van der Waals surface area contributed by atoms with Gasteiger partial charge in [-0.05, 0) is 20.8 Å². The van der Waals surface area contributed by atoms with Crippen molar-refractivity contribution in [2.45, 2.75) is 32.1 Å². The number of nitrogens with one attached hydrogen (secondary N) is 1. The lowest BCUT2D eigenvalue weighted by atomic mass is 10.2. The van der Waals surface area contributed by atoms with Crippen molar-refractivity contribution in [3.8, 4) is 11.3 Å². The van der Waals surface area contributed by atoms with Crippen LogP contribution in [0.25, 0.3) is 11.3 Å². The molecule has 0 bridgehead atoms. The van der Waals surface area contributed by atoms with Gasteiger partial charge in [0.15, 0.2) is 15.8 Å². The third-order valence-corrected chi connectivity index (χ3v) is 8.03. The molecule has 1 aromatic heterocycles. The number of guanidine groups is 1. The molecule has 3 rings (SSSR count). The van der Waals surface area contributed by atoms with E-state index in [1.165, 1.54) is 0 Å². The van der Waals surface area contributed by atoms with Crippen molar-refractivity contribution in [3.63, 3.8) is 0 Å². The minimum absolute atomic E-state index is 0.153. The van der Waals surface area contributed by atoms with Crippen LogP contribution in [0.3, 0.4) is 0 Å². The normalized spacial score (nSPS) is 19.1. The molecule has 1 N–H and O–H groups in total. The van der Waals surface area contributed by atoms with Gasteiger partial charge in [0.1, 0.15) is 5.01 Å². The molecule has 0 spiro atoms. The second-order valence-electron chi connectivity index (χ2n) is 7.16. The fraction of sp³-hybridized carbons (Fsp3) is 0.474. The standard InChI is InChI=1S/C19H26N4O2S2/c1-4-20-18(23-10-11-27(24,25)19(2,3)14-23)21-12-17-22-16(13-26-17)15-8-6-5-7-9-15/h5-9,13H,4,10-12,14H2,1-3H3,(H,20,21). The van der Waals surface area contributed by atoms with E-state index in [2.05, 4.69) is 10.3 Å². The summed E-state index contributed by atoms with van der Waals surface area (Å²) >= 11 is 1.59. The Hall–Kier alpha value is -1.93. The van der Waals surface area contributed by atoms with Crippen LogP contribution in [0.5, 0.6) is 0 Å². The van der Waals surface area contributed by atoms with Crippen LogP contribution >= 0.6 is 11.3 Å². The molecule has 0 saturated carbocycles. The van der Waals surface area contributed by atoms with Gasteiger partial charge in [-0.15, -0.1) is 11.3 Å². The van der Waals surface area contributed by atoms with Crippen molar-refractivity contribution in [1.29, 1.82) is 0 Å². The molecule has 0 unspecified atom stereocenters. The molecule has 1 aliphatic heterocycles. The molecule has 6 nitrogen and oxygen atoms in total. The smallest absolute Gasteiger partial charge is 0.194 e. The van der Waals surface area contributed by atoms with E-state index in [1.807, 2.05) is 47.5 Å². The van der Waals surface area contributed by atoms with Gasteiger partial charge >= 0.3 is 0 Å². The highest BCUT2D eigenvalue weighted by molar-refractivity contribution is 7.92. The Morgan fingerprint density at radius 3 is 2.74 bits per heavy atom. The highest BCUT2D eigenvalue weighted by Gasteiger charge is 2.40. The summed E-state index contributed by atoms with van der Waals surface area (Å²) < 4.78 is 23.7. The van der Waals surface area contributed by atoms with Crippen molar-refractivity contribution in [1.82, 2.24) is 15.2 Å². The van der Waals surface area contributed by atoms with Crippen molar-refractivity contribution < 1.29 is 8.42 Å². The van der Waals surface area contributed by atoms with E-state index in [0.29, 0.717) is 19.6 Å². The van der Waals surface area contributed by atoms with Gasteiger partial charge in [-0.25, -0.2) is 18.4 Å². The Morgan fingerprint density at radius 1 is 1.33 bits per heavy atom. The van der Waals surface area contributed by atoms with Crippen LogP contribution in [0, 0.1) is 0 Å². The summed E-state index contributed by atoms with van der Waals surface area (Å²) in [6, 6.07) is 10.1. The van der Waals surface area contributed by atoms with Crippen LogP contribution < -0.4 is 5.32 Å². The summed E-state index contributed by atoms with van der Waals surface area (Å²) in [7, 11) is -3.07. The molecule has 1 fully saturated rings. The Balaban J connectivity index is 1.74. The van der Waals surface area contributed by atoms with E-state index in [1.54, 1.807) is 25.2 Å². The number of aliphatic imine (C=N–C) groups is 1. The van der Waals surface area contributed by atoms with Crippen molar-refractivity contribution in [3.05, 3.63) is 40.7 Å². The third kappa shape index (κ3) is 4.50. The largest absolute Gasteiger partial charge is 0.357 e. The number of nitrogens with zero attached hydrogens (tertiary/aromatic N) is 3. The van der Waals surface area contributed by atoms with Gasteiger partial charge in [0.25, 0.3) is 0 Å². The molecule has 0 atom stereocenters. The van der Waals surface area contributed by atoms with E-state index >= 15 is 0 Å². The first kappa shape index (κ1) is 19.8. The summed E-state index contributed by atoms with van der Waals surface area (Å²) in [4.78, 5) is 11.4. The van der Waals surface area contributed by atoms with E-state index in [4.69, 9.17) is 4.99 Å². The number of rotatable bonds is 4. The molecule has 1 saturated heterocycles. The topological polar surface area (TPSA) is 74.7 Å². The van der Waals surface area contributed by atoms with E-state index in [0.717, 1.165) is 28.8 Å². The molecule has 2 heterocycles. The first-order valence-electron chi connectivity index (χ1n) is 9.08. The predicted molar refractivity (Wildman–Crippen MR) is 112 cm³/mol. The Kier molecular flexibility index (Phi) is 5.86. The summed E-state index contributed by atoms with van der Waals surface area (Å²) in [6.07, 6.45) is 0. The highest BCUT2D eigenvalue weighted by Crippen LogP contribution is 2.24. The SMILES string of the molecule is CCNC(=NCc1nc(-c2ccccc2)cs1)N1CCS(=O)(=O)C(C)(C)C1. The molecule has 146 valence electrons. The minimum Gasteiger partial charge on any atom is -0.357 e. The zero-order chi connectivity index (χ0) is 19.5. The summed E-state index contributed by atoms with van der Waals surface area (Å²) in [5.74, 6) is 0.900. The lowest BCUT2D eigenvalue weighted by Crippen LogP contribution is -2.57. The quantitative estimate of drug-likeness (QED) is 0.624. The summed E-state index contributed by atoms with van der Waals surface area (Å²) in [5, 5.41) is 6.27. The summed E-state index contributed by atoms with van der Waals surface area (Å²) in [6.45, 7) is 7.69. The maximum atomic E-state index is 12.3. The Labute approximate surface area is 165 Å². The monoisotopic (exact) mass is 406 g/mol. The number of hydrogen-bond donors (Lipinski definition) is 1. The maximum absolute atomic E-state index is 12.3. The molecule has 1 aliphatic rings.